The largest absolute Gasteiger partial charge is 0.507 e. The molecule has 1 N–H and O–H groups in total. The van der Waals surface area contributed by atoms with E-state index < -0.39 is 0 Å². The molecule has 1 saturated heterocycles. The van der Waals surface area contributed by atoms with Gasteiger partial charge in [-0.05, 0) is 37.7 Å². The molecule has 3 rings (SSSR count). The van der Waals surface area contributed by atoms with Crippen molar-refractivity contribution < 1.29 is 9.84 Å². The second-order valence-electron chi connectivity index (χ2n) is 7.33. The zero-order valence-corrected chi connectivity index (χ0v) is 17.4. The van der Waals surface area contributed by atoms with E-state index in [4.69, 9.17) is 16.3 Å². The molecule has 1 aromatic heterocycles. The monoisotopic (exact) mass is 405 g/mol. The first-order valence-corrected chi connectivity index (χ1v) is 9.90. The third-order valence-electron chi connectivity index (χ3n) is 5.38. The number of pyridine rings is 1. The summed E-state index contributed by atoms with van der Waals surface area (Å²) in [5.74, 6) is 0.0278. The minimum atomic E-state index is -0.353. The third kappa shape index (κ3) is 4.41. The number of hydrogen-bond donors (Lipinski definition) is 1. The number of aromatic nitrogens is 1. The predicted molar refractivity (Wildman–Crippen MR) is 111 cm³/mol. The molecule has 0 unspecified atom stereocenters. The van der Waals surface area contributed by atoms with E-state index in [-0.39, 0.29) is 17.4 Å². The number of halogens is 1. The molecule has 6 nitrogen and oxygen atoms in total. The van der Waals surface area contributed by atoms with Crippen molar-refractivity contribution in [1.29, 1.82) is 0 Å². The van der Waals surface area contributed by atoms with Crippen LogP contribution in [-0.2, 0) is 11.3 Å². The van der Waals surface area contributed by atoms with Gasteiger partial charge < -0.3 is 19.3 Å². The van der Waals surface area contributed by atoms with E-state index in [2.05, 4.69) is 16.8 Å². The van der Waals surface area contributed by atoms with Crippen molar-refractivity contribution in [2.45, 2.75) is 19.5 Å². The zero-order chi connectivity index (χ0) is 20.3. The van der Waals surface area contributed by atoms with Crippen LogP contribution in [0.5, 0.6) is 5.75 Å². The number of benzene rings is 1. The van der Waals surface area contributed by atoms with Crippen LogP contribution in [0, 0.1) is 6.92 Å². The number of methoxy groups -OCH3 is 1. The first-order valence-electron chi connectivity index (χ1n) is 9.52. The van der Waals surface area contributed by atoms with Gasteiger partial charge in [0.05, 0.1) is 18.2 Å². The van der Waals surface area contributed by atoms with Crippen LogP contribution in [0.3, 0.4) is 0 Å². The van der Waals surface area contributed by atoms with E-state index in [1.165, 1.54) is 0 Å². The fraction of sp³-hybridized carbons (Fsp3) is 0.476. The molecule has 1 aliphatic rings. The molecule has 1 atom stereocenters. The Morgan fingerprint density at radius 2 is 1.93 bits per heavy atom. The first kappa shape index (κ1) is 20.9. The molecule has 0 radical (unpaired) electrons. The van der Waals surface area contributed by atoms with Crippen molar-refractivity contribution in [1.82, 2.24) is 14.4 Å². The number of hydrogen-bond acceptors (Lipinski definition) is 5. The maximum atomic E-state index is 13.4. The SMILES string of the molecule is COCCn1c(C)cc(O)c([C@@H](c2cccc(Cl)c2)N2CCN(C)CC2)c1=O. The predicted octanol–water partition coefficient (Wildman–Crippen LogP) is 2.50. The Morgan fingerprint density at radius 3 is 2.57 bits per heavy atom. The van der Waals surface area contributed by atoms with Crippen molar-refractivity contribution in [3.63, 3.8) is 0 Å². The second kappa shape index (κ2) is 9.09. The van der Waals surface area contributed by atoms with E-state index in [0.29, 0.717) is 29.4 Å². The number of aryl methyl sites for hydroxylation is 1. The molecular formula is C21H28ClN3O3. The fourth-order valence-electron chi connectivity index (χ4n) is 3.80. The average molecular weight is 406 g/mol. The van der Waals surface area contributed by atoms with E-state index >= 15 is 0 Å². The van der Waals surface area contributed by atoms with Crippen LogP contribution in [-0.4, -0.2) is 66.4 Å². The van der Waals surface area contributed by atoms with Gasteiger partial charge in [-0.2, -0.15) is 0 Å². The zero-order valence-electron chi connectivity index (χ0n) is 16.7. The van der Waals surface area contributed by atoms with Crippen LogP contribution in [0.15, 0.2) is 35.1 Å². The third-order valence-corrected chi connectivity index (χ3v) is 5.62. The van der Waals surface area contributed by atoms with Gasteiger partial charge in [0.15, 0.2) is 0 Å². The lowest BCUT2D eigenvalue weighted by atomic mass is 9.96. The highest BCUT2D eigenvalue weighted by Crippen LogP contribution is 2.34. The molecule has 7 heteroatoms. The number of piperazine rings is 1. The number of ether oxygens (including phenoxy) is 1. The molecule has 0 saturated carbocycles. The molecule has 1 aliphatic heterocycles. The van der Waals surface area contributed by atoms with Crippen LogP contribution in [0.4, 0.5) is 0 Å². The van der Waals surface area contributed by atoms with Crippen molar-refractivity contribution >= 4 is 11.6 Å². The Morgan fingerprint density at radius 1 is 1.21 bits per heavy atom. The van der Waals surface area contributed by atoms with Gasteiger partial charge >= 0.3 is 0 Å². The molecule has 0 aliphatic carbocycles. The summed E-state index contributed by atoms with van der Waals surface area (Å²) in [4.78, 5) is 17.9. The molecule has 0 spiro atoms. The van der Waals surface area contributed by atoms with Gasteiger partial charge in [-0.15, -0.1) is 0 Å². The minimum absolute atomic E-state index is 0.0278. The summed E-state index contributed by atoms with van der Waals surface area (Å²) >= 11 is 6.25. The van der Waals surface area contributed by atoms with Crippen molar-refractivity contribution in [2.24, 2.45) is 0 Å². The van der Waals surface area contributed by atoms with Crippen molar-refractivity contribution in [2.75, 3.05) is 46.9 Å². The Bertz CT molecular complexity index is 876. The molecule has 2 aromatic rings. The summed E-state index contributed by atoms with van der Waals surface area (Å²) in [6.45, 7) is 6.12. The van der Waals surface area contributed by atoms with E-state index in [9.17, 15) is 9.90 Å². The van der Waals surface area contributed by atoms with E-state index in [1.54, 1.807) is 17.7 Å². The summed E-state index contributed by atoms with van der Waals surface area (Å²) in [6.07, 6.45) is 0. The lowest BCUT2D eigenvalue weighted by molar-refractivity contribution is 0.125. The van der Waals surface area contributed by atoms with Crippen molar-refractivity contribution in [3.05, 3.63) is 62.5 Å². The van der Waals surface area contributed by atoms with Gasteiger partial charge in [0, 0.05) is 50.6 Å². The van der Waals surface area contributed by atoms with Gasteiger partial charge in [-0.25, -0.2) is 0 Å². The molecule has 28 heavy (non-hydrogen) atoms. The van der Waals surface area contributed by atoms with Crippen LogP contribution in [0.2, 0.25) is 5.02 Å². The summed E-state index contributed by atoms with van der Waals surface area (Å²) in [6, 6.07) is 8.86. The molecular weight excluding hydrogens is 378 g/mol. The number of likely N-dealkylation sites (N-methyl/N-ethyl adjacent to an activating group) is 1. The number of aromatic hydroxyl groups is 1. The fourth-order valence-corrected chi connectivity index (χ4v) is 4.00. The molecule has 1 aromatic carbocycles. The van der Waals surface area contributed by atoms with Gasteiger partial charge in [-0.3, -0.25) is 9.69 Å². The lowest BCUT2D eigenvalue weighted by Gasteiger charge is -2.38. The Labute approximate surface area is 170 Å². The first-order chi connectivity index (χ1) is 13.4. The highest BCUT2D eigenvalue weighted by molar-refractivity contribution is 6.30. The molecule has 0 amide bonds. The Hall–Kier alpha value is -1.86. The normalized spacial score (nSPS) is 17.0. The van der Waals surface area contributed by atoms with E-state index in [0.717, 1.165) is 31.7 Å². The standard InChI is InChI=1S/C21H28ClN3O3/c1-15-13-18(26)19(21(27)25(15)11-12-28-3)20(16-5-4-6-17(22)14-16)24-9-7-23(2)8-10-24/h4-6,13-14,20,26H,7-12H2,1-3H3/t20-/m1/s1. The van der Waals surface area contributed by atoms with E-state index in [1.807, 2.05) is 31.2 Å². The Balaban J connectivity index is 2.13. The van der Waals surface area contributed by atoms with Gasteiger partial charge in [0.1, 0.15) is 5.75 Å². The second-order valence-corrected chi connectivity index (χ2v) is 7.77. The maximum Gasteiger partial charge on any atom is 0.259 e. The number of rotatable bonds is 6. The van der Waals surface area contributed by atoms with Gasteiger partial charge in [0.25, 0.3) is 5.56 Å². The quantitative estimate of drug-likeness (QED) is 0.800. The summed E-state index contributed by atoms with van der Waals surface area (Å²) in [7, 11) is 3.70. The molecule has 1 fully saturated rings. The summed E-state index contributed by atoms with van der Waals surface area (Å²) in [5, 5.41) is 11.4. The van der Waals surface area contributed by atoms with Gasteiger partial charge in [0.2, 0.25) is 0 Å². The average Bonchev–Trinajstić information content (AvgIpc) is 2.66. The summed E-state index contributed by atoms with van der Waals surface area (Å²) in [5.41, 5.74) is 1.84. The lowest BCUT2D eigenvalue weighted by Crippen LogP contribution is -2.47. The van der Waals surface area contributed by atoms with Crippen LogP contribution in [0.1, 0.15) is 22.9 Å². The maximum absolute atomic E-state index is 13.4. The smallest absolute Gasteiger partial charge is 0.259 e. The summed E-state index contributed by atoms with van der Waals surface area (Å²) < 4.78 is 6.83. The van der Waals surface area contributed by atoms with Crippen LogP contribution in [0.25, 0.3) is 0 Å². The highest BCUT2D eigenvalue weighted by Gasteiger charge is 2.31. The van der Waals surface area contributed by atoms with Crippen LogP contribution >= 0.6 is 11.6 Å². The molecule has 0 bridgehead atoms. The van der Waals surface area contributed by atoms with Gasteiger partial charge in [-0.1, -0.05) is 23.7 Å². The topological polar surface area (TPSA) is 57.9 Å². The minimum Gasteiger partial charge on any atom is -0.507 e. The van der Waals surface area contributed by atoms with Crippen LogP contribution < -0.4 is 5.56 Å². The highest BCUT2D eigenvalue weighted by atomic mass is 35.5. The Kier molecular flexibility index (Phi) is 6.78. The number of nitrogens with zero attached hydrogens (tertiary/aromatic N) is 3. The molecule has 2 heterocycles. The van der Waals surface area contributed by atoms with Crippen molar-refractivity contribution in [3.8, 4) is 5.75 Å². The molecule has 152 valence electrons.